The second-order valence-electron chi connectivity index (χ2n) is 5.62. The number of aromatic nitrogens is 2. The normalized spacial score (nSPS) is 10.7. The van der Waals surface area contributed by atoms with E-state index in [1.165, 1.54) is 11.3 Å². The molecule has 2 heterocycles. The van der Waals surface area contributed by atoms with Crippen molar-refractivity contribution in [2.75, 3.05) is 26.9 Å². The van der Waals surface area contributed by atoms with Crippen LogP contribution in [0.2, 0.25) is 0 Å². The van der Waals surface area contributed by atoms with E-state index in [2.05, 4.69) is 15.5 Å². The molecule has 0 saturated heterocycles. The number of nitrogens with zero attached hydrogens (tertiary/aromatic N) is 2. The molecule has 0 saturated carbocycles. The van der Waals surface area contributed by atoms with Gasteiger partial charge in [0.15, 0.2) is 0 Å². The van der Waals surface area contributed by atoms with Crippen LogP contribution < -0.4 is 10.1 Å². The third kappa shape index (κ3) is 4.93. The van der Waals surface area contributed by atoms with Crippen molar-refractivity contribution >= 4 is 17.2 Å². The van der Waals surface area contributed by atoms with E-state index in [0.717, 1.165) is 22.6 Å². The molecule has 0 unspecified atom stereocenters. The van der Waals surface area contributed by atoms with Crippen LogP contribution in [0.5, 0.6) is 5.75 Å². The Balaban J connectivity index is 1.62. The maximum atomic E-state index is 12.2. The van der Waals surface area contributed by atoms with Crippen LogP contribution in [0, 0.1) is 0 Å². The Morgan fingerprint density at radius 2 is 2.04 bits per heavy atom. The molecule has 0 spiro atoms. The number of amides is 1. The summed E-state index contributed by atoms with van der Waals surface area (Å²) < 4.78 is 15.7. The average Bonchev–Trinajstić information content (AvgIpc) is 3.37. The summed E-state index contributed by atoms with van der Waals surface area (Å²) in [5, 5.41) is 6.90. The molecule has 1 amide bonds. The SMILES string of the molecule is CCOCCCNC(=O)c1ccc(-c2noc(-c3ccc(OC)cc3)n2)s1. The summed E-state index contributed by atoms with van der Waals surface area (Å²) in [7, 11) is 1.61. The van der Waals surface area contributed by atoms with Gasteiger partial charge in [-0.25, -0.2) is 0 Å². The molecule has 0 atom stereocenters. The smallest absolute Gasteiger partial charge is 0.261 e. The van der Waals surface area contributed by atoms with Gasteiger partial charge in [-0.2, -0.15) is 4.98 Å². The highest BCUT2D eigenvalue weighted by molar-refractivity contribution is 7.17. The molecule has 0 bridgehead atoms. The predicted molar refractivity (Wildman–Crippen MR) is 103 cm³/mol. The van der Waals surface area contributed by atoms with Gasteiger partial charge in [0, 0.05) is 25.3 Å². The number of hydrogen-bond donors (Lipinski definition) is 1. The van der Waals surface area contributed by atoms with Gasteiger partial charge in [0.1, 0.15) is 5.75 Å². The Hall–Kier alpha value is -2.71. The number of nitrogens with one attached hydrogen (secondary N) is 1. The summed E-state index contributed by atoms with van der Waals surface area (Å²) in [6.45, 7) is 3.86. The van der Waals surface area contributed by atoms with Crippen LogP contribution in [0.3, 0.4) is 0 Å². The van der Waals surface area contributed by atoms with Crippen LogP contribution >= 0.6 is 11.3 Å². The molecule has 7 nitrogen and oxygen atoms in total. The fraction of sp³-hybridized carbons (Fsp3) is 0.316. The van der Waals surface area contributed by atoms with Crippen molar-refractivity contribution < 1.29 is 18.8 Å². The number of carbonyl (C=O) groups is 1. The van der Waals surface area contributed by atoms with Crippen molar-refractivity contribution in [3.63, 3.8) is 0 Å². The summed E-state index contributed by atoms with van der Waals surface area (Å²) in [5.74, 6) is 1.53. The van der Waals surface area contributed by atoms with Crippen molar-refractivity contribution in [1.82, 2.24) is 15.5 Å². The maximum Gasteiger partial charge on any atom is 0.261 e. The second-order valence-corrected chi connectivity index (χ2v) is 6.71. The molecular weight excluding hydrogens is 366 g/mol. The summed E-state index contributed by atoms with van der Waals surface area (Å²) in [5.41, 5.74) is 0.804. The van der Waals surface area contributed by atoms with E-state index in [-0.39, 0.29) is 5.91 Å². The van der Waals surface area contributed by atoms with E-state index in [0.29, 0.717) is 36.4 Å². The molecule has 1 N–H and O–H groups in total. The number of methoxy groups -OCH3 is 1. The van der Waals surface area contributed by atoms with Crippen LogP contribution in [-0.4, -0.2) is 42.9 Å². The zero-order chi connectivity index (χ0) is 19.1. The minimum Gasteiger partial charge on any atom is -0.497 e. The highest BCUT2D eigenvalue weighted by atomic mass is 32.1. The third-order valence-corrected chi connectivity index (χ3v) is 4.85. The number of hydrogen-bond acceptors (Lipinski definition) is 7. The molecule has 8 heteroatoms. The largest absolute Gasteiger partial charge is 0.497 e. The monoisotopic (exact) mass is 387 g/mol. The van der Waals surface area contributed by atoms with E-state index < -0.39 is 0 Å². The molecule has 27 heavy (non-hydrogen) atoms. The zero-order valence-electron chi connectivity index (χ0n) is 15.2. The quantitative estimate of drug-likeness (QED) is 0.564. The van der Waals surface area contributed by atoms with Gasteiger partial charge < -0.3 is 19.3 Å². The molecule has 3 rings (SSSR count). The number of rotatable bonds is 9. The van der Waals surface area contributed by atoms with Crippen molar-refractivity contribution in [3.8, 4) is 27.9 Å². The van der Waals surface area contributed by atoms with Crippen LogP contribution in [0.25, 0.3) is 22.2 Å². The van der Waals surface area contributed by atoms with Gasteiger partial charge in [0.05, 0.1) is 16.9 Å². The van der Waals surface area contributed by atoms with Crippen molar-refractivity contribution in [1.29, 1.82) is 0 Å². The van der Waals surface area contributed by atoms with E-state index in [1.807, 2.05) is 37.3 Å². The van der Waals surface area contributed by atoms with Gasteiger partial charge in [0.2, 0.25) is 5.82 Å². The molecule has 3 aromatic rings. The van der Waals surface area contributed by atoms with Crippen molar-refractivity contribution in [2.24, 2.45) is 0 Å². The fourth-order valence-corrected chi connectivity index (χ4v) is 3.21. The lowest BCUT2D eigenvalue weighted by molar-refractivity contribution is 0.0948. The first-order valence-corrected chi connectivity index (χ1v) is 9.47. The van der Waals surface area contributed by atoms with E-state index in [9.17, 15) is 4.79 Å². The Kier molecular flexibility index (Phi) is 6.56. The Morgan fingerprint density at radius 3 is 2.78 bits per heavy atom. The lowest BCUT2D eigenvalue weighted by Crippen LogP contribution is -2.24. The summed E-state index contributed by atoms with van der Waals surface area (Å²) >= 11 is 1.33. The van der Waals surface area contributed by atoms with Gasteiger partial charge in [0.25, 0.3) is 11.8 Å². The minimum atomic E-state index is -0.110. The van der Waals surface area contributed by atoms with Crippen LogP contribution in [-0.2, 0) is 4.74 Å². The molecule has 0 aliphatic carbocycles. The lowest BCUT2D eigenvalue weighted by Gasteiger charge is -2.03. The minimum absolute atomic E-state index is 0.110. The lowest BCUT2D eigenvalue weighted by atomic mass is 10.2. The third-order valence-electron chi connectivity index (χ3n) is 3.77. The Labute approximate surface area is 161 Å². The fourth-order valence-electron chi connectivity index (χ4n) is 2.36. The maximum absolute atomic E-state index is 12.2. The predicted octanol–water partition coefficient (Wildman–Crippen LogP) is 3.63. The van der Waals surface area contributed by atoms with Crippen LogP contribution in [0.15, 0.2) is 40.9 Å². The van der Waals surface area contributed by atoms with E-state index in [4.69, 9.17) is 14.0 Å². The number of carbonyl (C=O) groups excluding carboxylic acids is 1. The van der Waals surface area contributed by atoms with Gasteiger partial charge in [-0.1, -0.05) is 5.16 Å². The Bertz CT molecular complexity index is 873. The van der Waals surface area contributed by atoms with Gasteiger partial charge in [-0.3, -0.25) is 4.79 Å². The molecule has 2 aromatic heterocycles. The van der Waals surface area contributed by atoms with Gasteiger partial charge >= 0.3 is 0 Å². The van der Waals surface area contributed by atoms with Gasteiger partial charge in [-0.05, 0) is 49.7 Å². The molecule has 142 valence electrons. The number of benzene rings is 1. The molecule has 0 aliphatic rings. The molecule has 0 fully saturated rings. The zero-order valence-corrected chi connectivity index (χ0v) is 16.0. The number of ether oxygens (including phenoxy) is 2. The summed E-state index contributed by atoms with van der Waals surface area (Å²) in [4.78, 5) is 18.0. The van der Waals surface area contributed by atoms with Crippen molar-refractivity contribution in [2.45, 2.75) is 13.3 Å². The molecule has 1 aromatic carbocycles. The van der Waals surface area contributed by atoms with Crippen molar-refractivity contribution in [3.05, 3.63) is 41.3 Å². The number of thiophene rings is 1. The first-order valence-electron chi connectivity index (χ1n) is 8.65. The molecular formula is C19H21N3O4S. The molecule has 0 aliphatic heterocycles. The first-order chi connectivity index (χ1) is 13.2. The topological polar surface area (TPSA) is 86.5 Å². The van der Waals surface area contributed by atoms with E-state index in [1.54, 1.807) is 13.2 Å². The second kappa shape index (κ2) is 9.29. The average molecular weight is 387 g/mol. The standard InChI is InChI=1S/C19H21N3O4S/c1-3-25-12-4-11-20-18(23)16-10-9-15(27-16)17-21-19(26-22-17)13-5-7-14(24-2)8-6-13/h5-10H,3-4,11-12H2,1-2H3,(H,20,23). The highest BCUT2D eigenvalue weighted by Gasteiger charge is 2.15. The highest BCUT2D eigenvalue weighted by Crippen LogP contribution is 2.28. The Morgan fingerprint density at radius 1 is 1.22 bits per heavy atom. The van der Waals surface area contributed by atoms with E-state index >= 15 is 0 Å². The molecule has 0 radical (unpaired) electrons. The summed E-state index contributed by atoms with van der Waals surface area (Å²) in [6, 6.07) is 11.0. The summed E-state index contributed by atoms with van der Waals surface area (Å²) in [6.07, 6.45) is 0.786. The van der Waals surface area contributed by atoms with Gasteiger partial charge in [-0.15, -0.1) is 11.3 Å². The van der Waals surface area contributed by atoms with Crippen LogP contribution in [0.4, 0.5) is 0 Å². The first kappa shape index (κ1) is 19.1. The van der Waals surface area contributed by atoms with Crippen LogP contribution in [0.1, 0.15) is 23.0 Å².